The van der Waals surface area contributed by atoms with Gasteiger partial charge in [0.25, 0.3) is 5.91 Å². The Morgan fingerprint density at radius 1 is 1.04 bits per heavy atom. The van der Waals surface area contributed by atoms with Gasteiger partial charge in [-0.3, -0.25) is 9.59 Å². The lowest BCUT2D eigenvalue weighted by Crippen LogP contribution is -2.38. The maximum Gasteiger partial charge on any atom is 0.251 e. The number of carbonyl (C=O) groups excluding carboxylic acids is 2. The van der Waals surface area contributed by atoms with Crippen molar-refractivity contribution in [2.45, 2.75) is 37.2 Å². The van der Waals surface area contributed by atoms with Crippen molar-refractivity contribution >= 4 is 21.8 Å². The van der Waals surface area contributed by atoms with E-state index in [1.165, 1.54) is 12.1 Å². The van der Waals surface area contributed by atoms with E-state index in [0.717, 1.165) is 5.56 Å². The predicted octanol–water partition coefficient (Wildman–Crippen LogP) is 2.06. The molecule has 0 aromatic heterocycles. The van der Waals surface area contributed by atoms with Crippen molar-refractivity contribution in [3.63, 3.8) is 0 Å². The van der Waals surface area contributed by atoms with Gasteiger partial charge in [0.15, 0.2) is 0 Å². The van der Waals surface area contributed by atoms with Crippen LogP contribution in [-0.4, -0.2) is 38.2 Å². The van der Waals surface area contributed by atoms with E-state index in [0.29, 0.717) is 5.56 Å². The first-order chi connectivity index (χ1) is 13.1. The van der Waals surface area contributed by atoms with E-state index in [1.807, 2.05) is 13.0 Å². The van der Waals surface area contributed by atoms with Crippen LogP contribution in [-0.2, 0) is 14.8 Å². The number of hydrogen-bond donors (Lipinski definition) is 2. The second-order valence-electron chi connectivity index (χ2n) is 6.74. The van der Waals surface area contributed by atoms with Crippen molar-refractivity contribution in [3.05, 3.63) is 65.7 Å². The second-order valence-corrected chi connectivity index (χ2v) is 8.30. The summed E-state index contributed by atoms with van der Waals surface area (Å²) in [7, 11) is -2.08. The molecular weight excluding hydrogens is 378 g/mol. The van der Waals surface area contributed by atoms with Crippen LogP contribution >= 0.6 is 0 Å². The van der Waals surface area contributed by atoms with Crippen LogP contribution in [0.25, 0.3) is 0 Å². The lowest BCUT2D eigenvalue weighted by molar-refractivity contribution is -0.132. The Morgan fingerprint density at radius 2 is 1.61 bits per heavy atom. The van der Waals surface area contributed by atoms with Crippen LogP contribution < -0.4 is 10.5 Å². The highest BCUT2D eigenvalue weighted by atomic mass is 32.2. The molecule has 0 spiro atoms. The molecule has 8 heteroatoms. The van der Waals surface area contributed by atoms with Crippen LogP contribution in [0.3, 0.4) is 0 Å². The molecule has 0 radical (unpaired) electrons. The summed E-state index contributed by atoms with van der Waals surface area (Å²) in [6, 6.07) is 14.3. The van der Waals surface area contributed by atoms with E-state index in [1.54, 1.807) is 55.3 Å². The summed E-state index contributed by atoms with van der Waals surface area (Å²) in [4.78, 5) is 26.3. The second kappa shape index (κ2) is 8.99. The molecule has 3 N–H and O–H groups in total. The van der Waals surface area contributed by atoms with Crippen LogP contribution in [0.4, 0.5) is 0 Å². The molecule has 0 fully saturated rings. The van der Waals surface area contributed by atoms with Crippen molar-refractivity contribution in [3.8, 4) is 0 Å². The smallest absolute Gasteiger partial charge is 0.251 e. The Labute approximate surface area is 165 Å². The standard InChI is InChI=1S/C20H25N3O4S/c1-14(22-20(25)17-7-5-4-6-8-17)13-19(24)23(3)15(2)16-9-11-18(12-10-16)28(21,26)27/h4-12,14-15H,13H2,1-3H3,(H,22,25)(H2,21,26,27). The fourth-order valence-electron chi connectivity index (χ4n) is 2.73. The first-order valence-corrected chi connectivity index (χ1v) is 10.4. The molecule has 2 atom stereocenters. The molecule has 0 heterocycles. The number of hydrogen-bond acceptors (Lipinski definition) is 4. The summed E-state index contributed by atoms with van der Waals surface area (Å²) in [5.41, 5.74) is 1.32. The fourth-order valence-corrected chi connectivity index (χ4v) is 3.24. The average Bonchev–Trinajstić information content (AvgIpc) is 2.66. The molecule has 2 unspecified atom stereocenters. The van der Waals surface area contributed by atoms with Crippen LogP contribution in [0.1, 0.15) is 42.2 Å². The first-order valence-electron chi connectivity index (χ1n) is 8.84. The minimum atomic E-state index is -3.75. The molecule has 0 bridgehead atoms. The van der Waals surface area contributed by atoms with Crippen LogP contribution in [0.2, 0.25) is 0 Å². The highest BCUT2D eigenvalue weighted by Crippen LogP contribution is 2.21. The van der Waals surface area contributed by atoms with Gasteiger partial charge in [0, 0.05) is 25.1 Å². The van der Waals surface area contributed by atoms with E-state index in [-0.39, 0.29) is 35.2 Å². The van der Waals surface area contributed by atoms with Gasteiger partial charge in [0.2, 0.25) is 15.9 Å². The van der Waals surface area contributed by atoms with E-state index in [4.69, 9.17) is 5.14 Å². The third-order valence-corrected chi connectivity index (χ3v) is 5.49. The van der Waals surface area contributed by atoms with E-state index < -0.39 is 10.0 Å². The zero-order valence-electron chi connectivity index (χ0n) is 16.1. The number of amides is 2. The van der Waals surface area contributed by atoms with Gasteiger partial charge in [-0.05, 0) is 43.7 Å². The molecular formula is C20H25N3O4S. The van der Waals surface area contributed by atoms with Gasteiger partial charge < -0.3 is 10.2 Å². The van der Waals surface area contributed by atoms with Crippen molar-refractivity contribution in [1.82, 2.24) is 10.2 Å². The molecule has 28 heavy (non-hydrogen) atoms. The van der Waals surface area contributed by atoms with Gasteiger partial charge in [-0.2, -0.15) is 0 Å². The zero-order chi connectivity index (χ0) is 20.9. The highest BCUT2D eigenvalue weighted by molar-refractivity contribution is 7.89. The number of carbonyl (C=O) groups is 2. The molecule has 150 valence electrons. The number of nitrogens with one attached hydrogen (secondary N) is 1. The van der Waals surface area contributed by atoms with Crippen LogP contribution in [0.5, 0.6) is 0 Å². The number of nitrogens with zero attached hydrogens (tertiary/aromatic N) is 1. The minimum Gasteiger partial charge on any atom is -0.349 e. The average molecular weight is 404 g/mol. The fraction of sp³-hybridized carbons (Fsp3) is 0.300. The molecule has 2 amide bonds. The summed E-state index contributed by atoms with van der Waals surface area (Å²) in [6.45, 7) is 3.62. The SMILES string of the molecule is CC(CC(=O)N(C)C(C)c1ccc(S(N)(=O)=O)cc1)NC(=O)c1ccccc1. The summed E-state index contributed by atoms with van der Waals surface area (Å²) >= 11 is 0. The summed E-state index contributed by atoms with van der Waals surface area (Å²) in [6.07, 6.45) is 0.147. The quantitative estimate of drug-likeness (QED) is 0.737. The van der Waals surface area contributed by atoms with Gasteiger partial charge in [-0.25, -0.2) is 13.6 Å². The van der Waals surface area contributed by atoms with Gasteiger partial charge in [0.05, 0.1) is 10.9 Å². The summed E-state index contributed by atoms with van der Waals surface area (Å²) < 4.78 is 22.7. The number of primary sulfonamides is 1. The maximum atomic E-state index is 12.6. The lowest BCUT2D eigenvalue weighted by atomic mass is 10.1. The monoisotopic (exact) mass is 403 g/mol. The van der Waals surface area contributed by atoms with Crippen molar-refractivity contribution < 1.29 is 18.0 Å². The van der Waals surface area contributed by atoms with Crippen molar-refractivity contribution in [1.29, 1.82) is 0 Å². The van der Waals surface area contributed by atoms with Crippen molar-refractivity contribution in [2.24, 2.45) is 5.14 Å². The van der Waals surface area contributed by atoms with Crippen LogP contribution in [0.15, 0.2) is 59.5 Å². The number of nitrogens with two attached hydrogens (primary N) is 1. The van der Waals surface area contributed by atoms with Crippen LogP contribution in [0, 0.1) is 0 Å². The molecule has 0 saturated carbocycles. The molecule has 7 nitrogen and oxygen atoms in total. The Kier molecular flexibility index (Phi) is 6.93. The van der Waals surface area contributed by atoms with E-state index in [9.17, 15) is 18.0 Å². The Bertz CT molecular complexity index is 928. The van der Waals surface area contributed by atoms with Crippen molar-refractivity contribution in [2.75, 3.05) is 7.05 Å². The predicted molar refractivity (Wildman–Crippen MR) is 107 cm³/mol. The lowest BCUT2D eigenvalue weighted by Gasteiger charge is -2.27. The largest absolute Gasteiger partial charge is 0.349 e. The first kappa shape index (κ1) is 21.6. The molecule has 0 saturated heterocycles. The zero-order valence-corrected chi connectivity index (χ0v) is 16.9. The topological polar surface area (TPSA) is 110 Å². The van der Waals surface area contributed by atoms with Gasteiger partial charge in [-0.1, -0.05) is 30.3 Å². The maximum absolute atomic E-state index is 12.6. The molecule has 2 aromatic rings. The number of benzene rings is 2. The third-order valence-electron chi connectivity index (χ3n) is 4.56. The molecule has 2 aromatic carbocycles. The number of sulfonamides is 1. The van der Waals surface area contributed by atoms with Gasteiger partial charge >= 0.3 is 0 Å². The normalized spacial score (nSPS) is 13.4. The van der Waals surface area contributed by atoms with E-state index >= 15 is 0 Å². The Morgan fingerprint density at radius 3 is 2.14 bits per heavy atom. The molecule has 0 aliphatic carbocycles. The van der Waals surface area contributed by atoms with Gasteiger partial charge in [-0.15, -0.1) is 0 Å². The Balaban J connectivity index is 1.96. The molecule has 0 aliphatic rings. The number of rotatable bonds is 7. The minimum absolute atomic E-state index is 0.0228. The Hall–Kier alpha value is -2.71. The third kappa shape index (κ3) is 5.64. The molecule has 2 rings (SSSR count). The highest BCUT2D eigenvalue weighted by Gasteiger charge is 2.21. The van der Waals surface area contributed by atoms with Gasteiger partial charge in [0.1, 0.15) is 0 Å². The van der Waals surface area contributed by atoms with E-state index in [2.05, 4.69) is 5.32 Å². The molecule has 0 aliphatic heterocycles. The summed E-state index contributed by atoms with van der Waals surface area (Å²) in [5.74, 6) is -0.362. The summed E-state index contributed by atoms with van der Waals surface area (Å²) in [5, 5.41) is 7.92.